The first-order valence-electron chi connectivity index (χ1n) is 2.90. The van der Waals surface area contributed by atoms with Crippen LogP contribution in [0.5, 0.6) is 0 Å². The summed E-state index contributed by atoms with van der Waals surface area (Å²) in [5.74, 6) is -1.34. The topological polar surface area (TPSA) is 59.3 Å². The van der Waals surface area contributed by atoms with Crippen LogP contribution in [0.2, 0.25) is 0 Å². The highest BCUT2D eigenvalue weighted by atomic mass is 17.2. The average Bonchev–Trinajstić information content (AvgIpc) is 1.91. The summed E-state index contributed by atoms with van der Waals surface area (Å²) >= 11 is 0. The van der Waals surface area contributed by atoms with Crippen LogP contribution in [0, 0.1) is 17.2 Å². The van der Waals surface area contributed by atoms with Crippen LogP contribution < -0.4 is 0 Å². The second-order valence-corrected chi connectivity index (χ2v) is 1.66. The van der Waals surface area contributed by atoms with Crippen molar-refractivity contribution in [2.24, 2.45) is 5.92 Å². The van der Waals surface area contributed by atoms with E-state index in [2.05, 4.69) is 9.78 Å². The molecule has 0 aromatic carbocycles. The lowest BCUT2D eigenvalue weighted by molar-refractivity contribution is -0.257. The molecule has 0 bridgehead atoms. The van der Waals surface area contributed by atoms with Crippen molar-refractivity contribution in [2.45, 2.75) is 13.3 Å². The van der Waals surface area contributed by atoms with Crippen LogP contribution in [-0.4, -0.2) is 13.1 Å². The molecule has 0 fully saturated rings. The van der Waals surface area contributed by atoms with Crippen LogP contribution >= 0.6 is 0 Å². The highest BCUT2D eigenvalue weighted by Gasteiger charge is 2.17. The molecule has 0 rings (SSSR count). The predicted octanol–water partition coefficient (Wildman–Crippen LogP) is 0.641. The molecule has 0 amide bonds. The number of rotatable bonds is 3. The van der Waals surface area contributed by atoms with Gasteiger partial charge in [-0.3, -0.25) is 4.89 Å². The van der Waals surface area contributed by atoms with Gasteiger partial charge in [-0.25, -0.2) is 4.79 Å². The number of nitrogens with zero attached hydrogens (tertiary/aromatic N) is 1. The maximum Gasteiger partial charge on any atom is 0.359 e. The predicted molar refractivity (Wildman–Crippen MR) is 32.5 cm³/mol. The van der Waals surface area contributed by atoms with Crippen molar-refractivity contribution in [3.63, 3.8) is 0 Å². The van der Waals surface area contributed by atoms with Gasteiger partial charge in [0.15, 0.2) is 0 Å². The van der Waals surface area contributed by atoms with Crippen molar-refractivity contribution >= 4 is 5.97 Å². The first-order chi connectivity index (χ1) is 4.76. The Balaban J connectivity index is 3.80. The van der Waals surface area contributed by atoms with Crippen LogP contribution in [0.3, 0.4) is 0 Å². The van der Waals surface area contributed by atoms with Crippen LogP contribution in [0.15, 0.2) is 0 Å². The highest BCUT2D eigenvalue weighted by molar-refractivity contribution is 5.74. The Morgan fingerprint density at radius 3 is 2.70 bits per heavy atom. The molecule has 4 nitrogen and oxygen atoms in total. The Labute approximate surface area is 59.3 Å². The normalized spacial score (nSPS) is 11.7. The van der Waals surface area contributed by atoms with Crippen molar-refractivity contribution in [1.82, 2.24) is 0 Å². The van der Waals surface area contributed by atoms with Crippen molar-refractivity contribution in [2.75, 3.05) is 7.11 Å². The maximum absolute atomic E-state index is 10.6. The van der Waals surface area contributed by atoms with Crippen molar-refractivity contribution in [1.29, 1.82) is 5.26 Å². The molecular formula is C6H9NO3. The molecule has 0 heterocycles. The summed E-state index contributed by atoms with van der Waals surface area (Å²) in [4.78, 5) is 18.8. The molecule has 1 unspecified atom stereocenters. The molecule has 0 aromatic heterocycles. The van der Waals surface area contributed by atoms with Crippen LogP contribution in [0.4, 0.5) is 0 Å². The molecule has 0 N–H and O–H groups in total. The third-order valence-corrected chi connectivity index (χ3v) is 1.01. The third-order valence-electron chi connectivity index (χ3n) is 1.01. The zero-order chi connectivity index (χ0) is 7.98. The number of nitriles is 1. The highest BCUT2D eigenvalue weighted by Crippen LogP contribution is 2.02. The second kappa shape index (κ2) is 4.77. The van der Waals surface area contributed by atoms with Crippen molar-refractivity contribution in [3.05, 3.63) is 0 Å². The summed E-state index contributed by atoms with van der Waals surface area (Å²) < 4.78 is 0. The Bertz CT molecular complexity index is 150. The van der Waals surface area contributed by atoms with Gasteiger partial charge in [-0.2, -0.15) is 10.1 Å². The van der Waals surface area contributed by atoms with E-state index >= 15 is 0 Å². The van der Waals surface area contributed by atoms with E-state index < -0.39 is 11.9 Å². The fraction of sp³-hybridized carbons (Fsp3) is 0.667. The molecular weight excluding hydrogens is 134 g/mol. The molecule has 1 atom stereocenters. The minimum absolute atomic E-state index is 0.443. The third kappa shape index (κ3) is 2.46. The van der Waals surface area contributed by atoms with E-state index in [9.17, 15) is 4.79 Å². The van der Waals surface area contributed by atoms with Gasteiger partial charge in [-0.1, -0.05) is 6.92 Å². The molecule has 10 heavy (non-hydrogen) atoms. The fourth-order valence-corrected chi connectivity index (χ4v) is 0.451. The summed E-state index contributed by atoms with van der Waals surface area (Å²) in [6.07, 6.45) is 0.443. The largest absolute Gasteiger partial charge is 0.359 e. The minimum atomic E-state index is -0.708. The molecule has 0 aliphatic rings. The number of carbonyl (C=O) groups is 1. The van der Waals surface area contributed by atoms with Crippen LogP contribution in [0.25, 0.3) is 0 Å². The van der Waals surface area contributed by atoms with Crippen molar-refractivity contribution in [3.8, 4) is 6.07 Å². The van der Waals surface area contributed by atoms with Gasteiger partial charge in [0.1, 0.15) is 5.92 Å². The summed E-state index contributed by atoms with van der Waals surface area (Å²) in [6, 6.07) is 1.78. The lowest BCUT2D eigenvalue weighted by atomic mass is 10.1. The zero-order valence-corrected chi connectivity index (χ0v) is 5.96. The van der Waals surface area contributed by atoms with Gasteiger partial charge in [0.05, 0.1) is 13.2 Å². The van der Waals surface area contributed by atoms with Crippen LogP contribution in [0.1, 0.15) is 13.3 Å². The van der Waals surface area contributed by atoms with E-state index in [4.69, 9.17) is 5.26 Å². The Hall–Kier alpha value is -1.08. The Morgan fingerprint density at radius 1 is 1.80 bits per heavy atom. The van der Waals surface area contributed by atoms with Crippen molar-refractivity contribution < 1.29 is 14.6 Å². The summed E-state index contributed by atoms with van der Waals surface area (Å²) in [5, 5.41) is 8.32. The van der Waals surface area contributed by atoms with Gasteiger partial charge in [0.25, 0.3) is 0 Å². The first kappa shape index (κ1) is 8.92. The van der Waals surface area contributed by atoms with Gasteiger partial charge in [0, 0.05) is 0 Å². The molecule has 0 spiro atoms. The fourth-order valence-electron chi connectivity index (χ4n) is 0.451. The monoisotopic (exact) mass is 143 g/mol. The second-order valence-electron chi connectivity index (χ2n) is 1.66. The molecule has 0 radical (unpaired) electrons. The quantitative estimate of drug-likeness (QED) is 0.429. The van der Waals surface area contributed by atoms with Gasteiger partial charge >= 0.3 is 5.97 Å². The number of hydrogen-bond acceptors (Lipinski definition) is 4. The molecule has 0 saturated carbocycles. The molecule has 0 aromatic rings. The number of carbonyl (C=O) groups excluding carboxylic acids is 1. The smallest absolute Gasteiger partial charge is 0.297 e. The molecule has 4 heteroatoms. The average molecular weight is 143 g/mol. The van der Waals surface area contributed by atoms with Gasteiger partial charge < -0.3 is 0 Å². The number of hydrogen-bond donors (Lipinski definition) is 0. The summed E-state index contributed by atoms with van der Waals surface area (Å²) in [5.41, 5.74) is 0. The molecule has 0 aliphatic carbocycles. The van der Waals surface area contributed by atoms with E-state index in [0.717, 1.165) is 0 Å². The summed E-state index contributed by atoms with van der Waals surface area (Å²) in [6.45, 7) is 1.73. The maximum atomic E-state index is 10.6. The first-order valence-corrected chi connectivity index (χ1v) is 2.90. The van der Waals surface area contributed by atoms with Gasteiger partial charge in [0.2, 0.25) is 0 Å². The van der Waals surface area contributed by atoms with E-state index in [-0.39, 0.29) is 0 Å². The van der Waals surface area contributed by atoms with Gasteiger partial charge in [-0.05, 0) is 6.42 Å². The zero-order valence-electron chi connectivity index (χ0n) is 5.96. The van der Waals surface area contributed by atoms with E-state index in [1.165, 1.54) is 7.11 Å². The molecule has 56 valence electrons. The molecule has 0 aliphatic heterocycles. The lowest BCUT2D eigenvalue weighted by Crippen LogP contribution is -2.14. The van der Waals surface area contributed by atoms with Crippen LogP contribution in [-0.2, 0) is 14.6 Å². The molecule has 0 saturated heterocycles. The Morgan fingerprint density at radius 2 is 2.40 bits per heavy atom. The van der Waals surface area contributed by atoms with E-state index in [1.54, 1.807) is 13.0 Å². The van der Waals surface area contributed by atoms with Gasteiger partial charge in [-0.15, -0.1) is 0 Å². The van der Waals surface area contributed by atoms with E-state index in [0.29, 0.717) is 6.42 Å². The lowest BCUT2D eigenvalue weighted by Gasteiger charge is -2.01. The minimum Gasteiger partial charge on any atom is -0.297 e. The standard InChI is InChI=1S/C6H9NO3/c1-3-5(4-7)6(8)10-9-2/h5H,3H2,1-2H3. The Kier molecular flexibility index (Phi) is 4.25. The van der Waals surface area contributed by atoms with E-state index in [1.807, 2.05) is 0 Å². The SMILES string of the molecule is CCC(C#N)C(=O)OOC. The summed E-state index contributed by atoms with van der Waals surface area (Å²) in [7, 11) is 1.22.